The number of hydrogen-bond acceptors (Lipinski definition) is 2. The topological polar surface area (TPSA) is 37.4 Å². The Kier molecular flexibility index (Phi) is 4.11. The predicted molar refractivity (Wildman–Crippen MR) is 105 cm³/mol. The molecule has 0 saturated heterocycles. The first-order valence-corrected chi connectivity index (χ1v) is 10.4. The monoisotopic (exact) mass is 355 g/mol. The largest absolute Gasteiger partial charge is 0.291 e. The summed E-state index contributed by atoms with van der Waals surface area (Å²) < 4.78 is 1.49. The van der Waals surface area contributed by atoms with Crippen LogP contribution in [0.15, 0.2) is 103 Å². The molecule has 3 nitrogen and oxygen atoms in total. The number of benzene rings is 3. The number of rotatable bonds is 4. The molecule has 2 amide bonds. The van der Waals surface area contributed by atoms with Gasteiger partial charge in [-0.15, -0.1) is 0 Å². The lowest BCUT2D eigenvalue weighted by molar-refractivity contribution is -0.131. The average Bonchev–Trinajstić information content (AvgIpc) is 3.04. The number of amides is 2. The van der Waals surface area contributed by atoms with Crippen LogP contribution < -0.4 is 15.6 Å². The van der Waals surface area contributed by atoms with E-state index in [2.05, 4.69) is 0 Å². The zero-order valence-corrected chi connectivity index (χ0v) is 15.1. The van der Waals surface area contributed by atoms with Crippen molar-refractivity contribution in [3.05, 3.63) is 103 Å². The van der Waals surface area contributed by atoms with Crippen molar-refractivity contribution >= 4 is 35.6 Å². The van der Waals surface area contributed by atoms with Gasteiger partial charge in [-0.1, -0.05) is 91.0 Å². The summed E-state index contributed by atoms with van der Waals surface area (Å²) in [6, 6.07) is 29.7. The minimum atomic E-state index is -3.05. The smallest absolute Gasteiger partial charge is 0.264 e. The maximum absolute atomic E-state index is 12.8. The highest BCUT2D eigenvalue weighted by atomic mass is 28.3. The third-order valence-corrected chi connectivity index (χ3v) is 9.34. The molecule has 0 N–H and O–H groups in total. The molecule has 0 radical (unpaired) electrons. The second-order valence-electron chi connectivity index (χ2n) is 6.15. The Bertz CT molecular complexity index is 854. The van der Waals surface area contributed by atoms with Crippen LogP contribution in [0.25, 0.3) is 0 Å². The third kappa shape index (κ3) is 2.43. The van der Waals surface area contributed by atoms with Gasteiger partial charge in [-0.25, -0.2) is 0 Å². The van der Waals surface area contributed by atoms with Crippen molar-refractivity contribution in [2.24, 2.45) is 0 Å². The van der Waals surface area contributed by atoms with Gasteiger partial charge in [-0.05, 0) is 15.6 Å². The van der Waals surface area contributed by atoms with E-state index in [4.69, 9.17) is 0 Å². The molecule has 26 heavy (non-hydrogen) atoms. The summed E-state index contributed by atoms with van der Waals surface area (Å²) in [6.07, 6.45) is 2.75. The summed E-state index contributed by atoms with van der Waals surface area (Å²) in [4.78, 5) is 25.6. The van der Waals surface area contributed by atoms with E-state index in [9.17, 15) is 9.59 Å². The van der Waals surface area contributed by atoms with Crippen molar-refractivity contribution in [3.8, 4) is 0 Å². The molecule has 1 aliphatic rings. The molecule has 1 aliphatic heterocycles. The second-order valence-corrected chi connectivity index (χ2v) is 9.75. The first kappa shape index (κ1) is 16.2. The minimum absolute atomic E-state index is 0.252. The maximum Gasteiger partial charge on any atom is 0.264 e. The lowest BCUT2D eigenvalue weighted by atomic mass is 10.3. The Balaban J connectivity index is 2.11. The van der Waals surface area contributed by atoms with Crippen molar-refractivity contribution in [3.63, 3.8) is 0 Å². The Morgan fingerprint density at radius 1 is 0.500 bits per heavy atom. The Morgan fingerprint density at radius 2 is 0.808 bits per heavy atom. The number of carbonyl (C=O) groups is 2. The first-order chi connectivity index (χ1) is 12.7. The van der Waals surface area contributed by atoms with Gasteiger partial charge >= 0.3 is 0 Å². The molecule has 4 rings (SSSR count). The molecule has 4 heteroatoms. The fourth-order valence-corrected chi connectivity index (χ4v) is 8.27. The fraction of sp³-hybridized carbons (Fsp3) is 0. The van der Waals surface area contributed by atoms with Gasteiger partial charge in [0.1, 0.15) is 0 Å². The molecule has 0 aromatic heterocycles. The quantitative estimate of drug-likeness (QED) is 0.405. The number of hydrogen-bond donors (Lipinski definition) is 0. The maximum atomic E-state index is 12.8. The van der Waals surface area contributed by atoms with E-state index in [0.29, 0.717) is 0 Å². The molecule has 0 saturated carbocycles. The molecule has 0 atom stereocenters. The first-order valence-electron chi connectivity index (χ1n) is 8.47. The van der Waals surface area contributed by atoms with Gasteiger partial charge in [-0.3, -0.25) is 14.2 Å². The van der Waals surface area contributed by atoms with Crippen LogP contribution in [0.5, 0.6) is 0 Å². The van der Waals surface area contributed by atoms with Crippen LogP contribution in [0.3, 0.4) is 0 Å². The molecule has 0 unspecified atom stereocenters. The van der Waals surface area contributed by atoms with Crippen LogP contribution in [-0.2, 0) is 9.59 Å². The normalized spacial score (nSPS) is 14.1. The molecule has 3 aromatic carbocycles. The van der Waals surface area contributed by atoms with Crippen molar-refractivity contribution in [1.82, 2.24) is 4.57 Å². The summed E-state index contributed by atoms with van der Waals surface area (Å²) in [5.41, 5.74) is 0. The second kappa shape index (κ2) is 6.58. The minimum Gasteiger partial charge on any atom is -0.291 e. The molecule has 0 fully saturated rings. The number of nitrogens with zero attached hydrogens (tertiary/aromatic N) is 1. The van der Waals surface area contributed by atoms with Crippen LogP contribution >= 0.6 is 0 Å². The lowest BCUT2D eigenvalue weighted by Gasteiger charge is -2.39. The molecule has 0 aliphatic carbocycles. The van der Waals surface area contributed by atoms with Crippen LogP contribution in [-0.4, -0.2) is 24.6 Å². The SMILES string of the molecule is O=C1C=CC(=O)N1[Si](c1ccccc1)(c1ccccc1)c1ccccc1. The third-order valence-electron chi connectivity index (χ3n) is 4.72. The van der Waals surface area contributed by atoms with E-state index in [0.717, 1.165) is 15.6 Å². The summed E-state index contributed by atoms with van der Waals surface area (Å²) in [7, 11) is -3.05. The van der Waals surface area contributed by atoms with Gasteiger partial charge in [0.25, 0.3) is 8.24 Å². The molecule has 126 valence electrons. The number of imide groups is 1. The molecule has 0 bridgehead atoms. The van der Waals surface area contributed by atoms with Gasteiger partial charge in [0.15, 0.2) is 0 Å². The van der Waals surface area contributed by atoms with E-state index in [-0.39, 0.29) is 11.8 Å². The van der Waals surface area contributed by atoms with E-state index in [1.54, 1.807) is 0 Å². The van der Waals surface area contributed by atoms with Crippen molar-refractivity contribution in [1.29, 1.82) is 0 Å². The van der Waals surface area contributed by atoms with Gasteiger partial charge in [-0.2, -0.15) is 0 Å². The van der Waals surface area contributed by atoms with E-state index < -0.39 is 8.24 Å². The van der Waals surface area contributed by atoms with Crippen molar-refractivity contribution in [2.45, 2.75) is 0 Å². The zero-order chi connectivity index (χ0) is 18.0. The molecular formula is C22H17NO2Si. The van der Waals surface area contributed by atoms with Crippen LogP contribution in [0.4, 0.5) is 0 Å². The molecule has 0 spiro atoms. The van der Waals surface area contributed by atoms with Crippen LogP contribution in [0.2, 0.25) is 0 Å². The summed E-state index contributed by atoms with van der Waals surface area (Å²) in [6.45, 7) is 0. The van der Waals surface area contributed by atoms with Crippen LogP contribution in [0, 0.1) is 0 Å². The Morgan fingerprint density at radius 3 is 1.12 bits per heavy atom. The van der Waals surface area contributed by atoms with Crippen molar-refractivity contribution in [2.75, 3.05) is 0 Å². The molecule has 1 heterocycles. The van der Waals surface area contributed by atoms with Crippen molar-refractivity contribution < 1.29 is 9.59 Å². The molecular weight excluding hydrogens is 338 g/mol. The van der Waals surface area contributed by atoms with E-state index in [1.807, 2.05) is 91.0 Å². The predicted octanol–water partition coefficient (Wildman–Crippen LogP) is 1.58. The Labute approximate surface area is 153 Å². The lowest BCUT2D eigenvalue weighted by Crippen LogP contribution is -2.78. The highest BCUT2D eigenvalue weighted by molar-refractivity contribution is 7.12. The van der Waals surface area contributed by atoms with Gasteiger partial charge in [0.05, 0.1) is 0 Å². The Hall–Kier alpha value is -3.24. The molecule has 3 aromatic rings. The summed E-state index contributed by atoms with van der Waals surface area (Å²) >= 11 is 0. The zero-order valence-electron chi connectivity index (χ0n) is 14.1. The summed E-state index contributed by atoms with van der Waals surface area (Å²) in [5, 5.41) is 3.01. The van der Waals surface area contributed by atoms with Gasteiger partial charge in [0, 0.05) is 12.2 Å². The highest BCUT2D eigenvalue weighted by Gasteiger charge is 2.51. The summed E-state index contributed by atoms with van der Waals surface area (Å²) in [5.74, 6) is -0.503. The van der Waals surface area contributed by atoms with Gasteiger partial charge in [0.2, 0.25) is 11.8 Å². The highest BCUT2D eigenvalue weighted by Crippen LogP contribution is 2.18. The standard InChI is InChI=1S/C22H17NO2Si/c24-21-16-17-22(25)23(21)26(18-10-4-1-5-11-18,19-12-6-2-7-13-19)20-14-8-3-9-15-20/h1-17H. The van der Waals surface area contributed by atoms with Crippen LogP contribution in [0.1, 0.15) is 0 Å². The van der Waals surface area contributed by atoms with E-state index in [1.165, 1.54) is 16.7 Å². The van der Waals surface area contributed by atoms with E-state index >= 15 is 0 Å². The van der Waals surface area contributed by atoms with Gasteiger partial charge < -0.3 is 0 Å². The average molecular weight is 355 g/mol. The fourth-order valence-electron chi connectivity index (χ4n) is 3.66. The number of carbonyl (C=O) groups excluding carboxylic acids is 2.